The van der Waals surface area contributed by atoms with Gasteiger partial charge in [0.1, 0.15) is 11.5 Å². The zero-order valence-electron chi connectivity index (χ0n) is 12.6. The van der Waals surface area contributed by atoms with Gasteiger partial charge < -0.3 is 9.47 Å². The molecular weight excluding hydrogens is 274 g/mol. The SMILES string of the molecule is COc1ccc(OC)c(-c2ncccc2-c2ccccc2)c1. The van der Waals surface area contributed by atoms with E-state index >= 15 is 0 Å². The second-order valence-corrected chi connectivity index (χ2v) is 4.83. The Bertz CT molecular complexity index is 769. The van der Waals surface area contributed by atoms with E-state index in [1.165, 1.54) is 0 Å². The van der Waals surface area contributed by atoms with Gasteiger partial charge in [-0.05, 0) is 29.8 Å². The van der Waals surface area contributed by atoms with Gasteiger partial charge in [-0.3, -0.25) is 4.98 Å². The van der Waals surface area contributed by atoms with Crippen molar-refractivity contribution < 1.29 is 9.47 Å². The van der Waals surface area contributed by atoms with Crippen LogP contribution in [0.15, 0.2) is 66.9 Å². The van der Waals surface area contributed by atoms with Gasteiger partial charge >= 0.3 is 0 Å². The van der Waals surface area contributed by atoms with Crippen molar-refractivity contribution in [2.75, 3.05) is 14.2 Å². The van der Waals surface area contributed by atoms with Gasteiger partial charge in [0.2, 0.25) is 0 Å². The third-order valence-corrected chi connectivity index (χ3v) is 3.55. The quantitative estimate of drug-likeness (QED) is 0.712. The molecule has 0 bridgehead atoms. The van der Waals surface area contributed by atoms with Gasteiger partial charge in [0.05, 0.1) is 19.9 Å². The molecule has 0 radical (unpaired) electrons. The normalized spacial score (nSPS) is 10.3. The first kappa shape index (κ1) is 14.1. The summed E-state index contributed by atoms with van der Waals surface area (Å²) in [5, 5.41) is 0. The molecule has 0 N–H and O–H groups in total. The summed E-state index contributed by atoms with van der Waals surface area (Å²) in [6, 6.07) is 19.9. The highest BCUT2D eigenvalue weighted by atomic mass is 16.5. The summed E-state index contributed by atoms with van der Waals surface area (Å²) < 4.78 is 10.8. The van der Waals surface area contributed by atoms with Crippen molar-refractivity contribution >= 4 is 0 Å². The average Bonchev–Trinajstić information content (AvgIpc) is 2.62. The molecule has 3 nitrogen and oxygen atoms in total. The largest absolute Gasteiger partial charge is 0.497 e. The van der Waals surface area contributed by atoms with Crippen LogP contribution in [0.4, 0.5) is 0 Å². The van der Waals surface area contributed by atoms with E-state index in [-0.39, 0.29) is 0 Å². The lowest BCUT2D eigenvalue weighted by Crippen LogP contribution is -1.94. The van der Waals surface area contributed by atoms with E-state index in [1.807, 2.05) is 42.5 Å². The summed E-state index contributed by atoms with van der Waals surface area (Å²) in [5.41, 5.74) is 3.98. The summed E-state index contributed by atoms with van der Waals surface area (Å²) in [4.78, 5) is 4.57. The lowest BCUT2D eigenvalue weighted by atomic mass is 9.98. The molecular formula is C19H17NO2. The molecule has 3 rings (SSSR count). The molecule has 3 aromatic rings. The Morgan fingerprint density at radius 2 is 1.59 bits per heavy atom. The van der Waals surface area contributed by atoms with Crippen molar-refractivity contribution in [3.05, 3.63) is 66.9 Å². The van der Waals surface area contributed by atoms with Crippen LogP contribution in [0.5, 0.6) is 11.5 Å². The number of ether oxygens (including phenoxy) is 2. The fourth-order valence-electron chi connectivity index (χ4n) is 2.47. The predicted molar refractivity (Wildman–Crippen MR) is 88.2 cm³/mol. The number of aromatic nitrogens is 1. The Kier molecular flexibility index (Phi) is 4.05. The molecule has 0 atom stereocenters. The molecule has 22 heavy (non-hydrogen) atoms. The first-order valence-corrected chi connectivity index (χ1v) is 7.06. The molecule has 0 unspecified atom stereocenters. The van der Waals surface area contributed by atoms with Crippen LogP contribution in [-0.2, 0) is 0 Å². The van der Waals surface area contributed by atoms with Crippen LogP contribution in [0.1, 0.15) is 0 Å². The lowest BCUT2D eigenvalue weighted by Gasteiger charge is -2.13. The molecule has 0 aliphatic carbocycles. The van der Waals surface area contributed by atoms with Gasteiger partial charge in [0.25, 0.3) is 0 Å². The fourth-order valence-corrected chi connectivity index (χ4v) is 2.47. The third kappa shape index (κ3) is 2.66. The number of methoxy groups -OCH3 is 2. The molecule has 0 fully saturated rings. The Balaban J connectivity index is 2.21. The molecule has 0 saturated carbocycles. The van der Waals surface area contributed by atoms with Crippen LogP contribution in [0.25, 0.3) is 22.4 Å². The first-order chi connectivity index (χ1) is 10.8. The van der Waals surface area contributed by atoms with Gasteiger partial charge in [0.15, 0.2) is 0 Å². The smallest absolute Gasteiger partial charge is 0.128 e. The number of nitrogens with zero attached hydrogens (tertiary/aromatic N) is 1. The van der Waals surface area contributed by atoms with E-state index in [2.05, 4.69) is 23.2 Å². The van der Waals surface area contributed by atoms with Crippen LogP contribution in [0, 0.1) is 0 Å². The molecule has 2 aromatic carbocycles. The van der Waals surface area contributed by atoms with Crippen LogP contribution < -0.4 is 9.47 Å². The molecule has 0 aliphatic rings. The molecule has 3 heteroatoms. The second kappa shape index (κ2) is 6.31. The Morgan fingerprint density at radius 1 is 0.773 bits per heavy atom. The summed E-state index contributed by atoms with van der Waals surface area (Å²) in [5.74, 6) is 1.55. The Morgan fingerprint density at radius 3 is 2.32 bits per heavy atom. The minimum absolute atomic E-state index is 0.775. The van der Waals surface area contributed by atoms with Crippen molar-refractivity contribution in [2.45, 2.75) is 0 Å². The third-order valence-electron chi connectivity index (χ3n) is 3.55. The number of benzene rings is 2. The average molecular weight is 291 g/mol. The highest BCUT2D eigenvalue weighted by molar-refractivity contribution is 5.83. The standard InChI is InChI=1S/C19H17NO2/c1-21-15-10-11-18(22-2)17(13-15)19-16(9-6-12-20-19)14-7-4-3-5-8-14/h3-13H,1-2H3. The highest BCUT2D eigenvalue weighted by Gasteiger charge is 2.14. The molecule has 0 saturated heterocycles. The Hall–Kier alpha value is -2.81. The van der Waals surface area contributed by atoms with Gasteiger partial charge in [-0.2, -0.15) is 0 Å². The van der Waals surface area contributed by atoms with Crippen LogP contribution >= 0.6 is 0 Å². The van der Waals surface area contributed by atoms with Crippen molar-refractivity contribution in [1.29, 1.82) is 0 Å². The van der Waals surface area contributed by atoms with Crippen LogP contribution in [0.2, 0.25) is 0 Å². The number of hydrogen-bond acceptors (Lipinski definition) is 3. The molecule has 0 aliphatic heterocycles. The van der Waals surface area contributed by atoms with E-state index in [9.17, 15) is 0 Å². The predicted octanol–water partition coefficient (Wildman–Crippen LogP) is 4.43. The zero-order chi connectivity index (χ0) is 15.4. The summed E-state index contributed by atoms with van der Waals surface area (Å²) in [6.07, 6.45) is 1.79. The molecule has 110 valence electrons. The maximum absolute atomic E-state index is 5.49. The van der Waals surface area contributed by atoms with Crippen molar-refractivity contribution in [3.63, 3.8) is 0 Å². The first-order valence-electron chi connectivity index (χ1n) is 7.06. The minimum Gasteiger partial charge on any atom is -0.497 e. The van der Waals surface area contributed by atoms with E-state index in [0.717, 1.165) is 33.9 Å². The minimum atomic E-state index is 0.775. The van der Waals surface area contributed by atoms with Crippen molar-refractivity contribution in [3.8, 4) is 33.9 Å². The summed E-state index contributed by atoms with van der Waals surface area (Å²) >= 11 is 0. The van der Waals surface area contributed by atoms with Gasteiger partial charge in [-0.15, -0.1) is 0 Å². The summed E-state index contributed by atoms with van der Waals surface area (Å²) in [6.45, 7) is 0. The maximum atomic E-state index is 5.49. The van der Waals surface area contributed by atoms with Crippen molar-refractivity contribution in [2.24, 2.45) is 0 Å². The van der Waals surface area contributed by atoms with Gasteiger partial charge in [-0.1, -0.05) is 36.4 Å². The van der Waals surface area contributed by atoms with Gasteiger partial charge in [0, 0.05) is 17.3 Å². The number of rotatable bonds is 4. The highest BCUT2D eigenvalue weighted by Crippen LogP contribution is 2.37. The number of hydrogen-bond donors (Lipinski definition) is 0. The lowest BCUT2D eigenvalue weighted by molar-refractivity contribution is 0.404. The fraction of sp³-hybridized carbons (Fsp3) is 0.105. The van der Waals surface area contributed by atoms with E-state index in [4.69, 9.17) is 9.47 Å². The van der Waals surface area contributed by atoms with Crippen LogP contribution in [-0.4, -0.2) is 19.2 Å². The van der Waals surface area contributed by atoms with E-state index in [0.29, 0.717) is 0 Å². The van der Waals surface area contributed by atoms with Crippen molar-refractivity contribution in [1.82, 2.24) is 4.98 Å². The molecule has 1 heterocycles. The van der Waals surface area contributed by atoms with Crippen LogP contribution in [0.3, 0.4) is 0 Å². The zero-order valence-corrected chi connectivity index (χ0v) is 12.6. The molecule has 0 amide bonds. The topological polar surface area (TPSA) is 31.4 Å². The molecule has 0 spiro atoms. The number of pyridine rings is 1. The second-order valence-electron chi connectivity index (χ2n) is 4.83. The summed E-state index contributed by atoms with van der Waals surface area (Å²) in [7, 11) is 3.32. The van der Waals surface area contributed by atoms with E-state index in [1.54, 1.807) is 20.4 Å². The van der Waals surface area contributed by atoms with Gasteiger partial charge in [-0.25, -0.2) is 0 Å². The monoisotopic (exact) mass is 291 g/mol. The molecule has 1 aromatic heterocycles. The maximum Gasteiger partial charge on any atom is 0.128 e. The van der Waals surface area contributed by atoms with E-state index < -0.39 is 0 Å². The Labute approximate surface area is 130 Å².